The molecule has 1 amide bonds. The molecule has 2 N–H and O–H groups in total. The molecular formula is C16H21F3N6O. The molecule has 0 radical (unpaired) electrons. The number of halogens is 3. The van der Waals surface area contributed by atoms with E-state index in [1.54, 1.807) is 6.20 Å². The van der Waals surface area contributed by atoms with Gasteiger partial charge in [-0.1, -0.05) is 0 Å². The highest BCUT2D eigenvalue weighted by molar-refractivity contribution is 5.86. The molecule has 1 unspecified atom stereocenters. The van der Waals surface area contributed by atoms with Gasteiger partial charge >= 0.3 is 6.18 Å². The normalized spacial score (nSPS) is 18.8. The van der Waals surface area contributed by atoms with Crippen molar-refractivity contribution in [2.75, 3.05) is 31.7 Å². The number of hydrazine groups is 1. The number of alkyl halides is 3. The van der Waals surface area contributed by atoms with Crippen molar-refractivity contribution in [1.29, 1.82) is 0 Å². The quantitative estimate of drug-likeness (QED) is 0.843. The zero-order chi connectivity index (χ0) is 18.7. The number of H-pyrrole nitrogens is 1. The van der Waals surface area contributed by atoms with Crippen LogP contribution in [0.15, 0.2) is 18.6 Å². The van der Waals surface area contributed by atoms with Crippen molar-refractivity contribution >= 4 is 22.8 Å². The summed E-state index contributed by atoms with van der Waals surface area (Å²) in [7, 11) is 1.90. The van der Waals surface area contributed by atoms with E-state index in [1.165, 1.54) is 6.33 Å². The fourth-order valence-corrected chi connectivity index (χ4v) is 3.24. The summed E-state index contributed by atoms with van der Waals surface area (Å²) in [5, 5.41) is 7.34. The number of hydrogen-bond donors (Lipinski definition) is 2. The van der Waals surface area contributed by atoms with Crippen LogP contribution in [0.2, 0.25) is 0 Å². The van der Waals surface area contributed by atoms with Gasteiger partial charge in [-0.3, -0.25) is 9.80 Å². The van der Waals surface area contributed by atoms with E-state index >= 15 is 0 Å². The van der Waals surface area contributed by atoms with Gasteiger partial charge < -0.3 is 10.3 Å². The summed E-state index contributed by atoms with van der Waals surface area (Å²) in [6.07, 6.45) is -0.867. The average Bonchev–Trinajstić information content (AvgIpc) is 3.07. The third kappa shape index (κ3) is 4.43. The summed E-state index contributed by atoms with van der Waals surface area (Å²) in [6.45, 7) is 1.70. The average molecular weight is 370 g/mol. The smallest absolute Gasteiger partial charge is 0.355 e. The number of aromatic amines is 1. The minimum atomic E-state index is -4.47. The van der Waals surface area contributed by atoms with Gasteiger partial charge in [-0.05, 0) is 24.8 Å². The molecule has 0 aromatic carbocycles. The maximum Gasteiger partial charge on any atom is 0.397 e. The van der Waals surface area contributed by atoms with Crippen LogP contribution in [0.3, 0.4) is 0 Å². The number of aromatic nitrogens is 3. The third-order valence-electron chi connectivity index (χ3n) is 4.51. The van der Waals surface area contributed by atoms with Crippen LogP contribution in [0.5, 0.6) is 0 Å². The molecule has 10 heteroatoms. The van der Waals surface area contributed by atoms with Gasteiger partial charge in [-0.25, -0.2) is 15.0 Å². The van der Waals surface area contributed by atoms with Crippen molar-refractivity contribution in [3.63, 3.8) is 0 Å². The minimum Gasteiger partial charge on any atom is -0.355 e. The van der Waals surface area contributed by atoms with Crippen LogP contribution in [-0.4, -0.2) is 58.7 Å². The second-order valence-electron chi connectivity index (χ2n) is 6.48. The van der Waals surface area contributed by atoms with Gasteiger partial charge in [0, 0.05) is 32.9 Å². The lowest BCUT2D eigenvalue weighted by Crippen LogP contribution is -2.49. The van der Waals surface area contributed by atoms with Crippen molar-refractivity contribution in [3.05, 3.63) is 18.6 Å². The van der Waals surface area contributed by atoms with Crippen molar-refractivity contribution in [2.24, 2.45) is 5.92 Å². The Balaban J connectivity index is 1.59. The van der Waals surface area contributed by atoms with Crippen molar-refractivity contribution in [1.82, 2.24) is 25.3 Å². The third-order valence-corrected chi connectivity index (χ3v) is 4.51. The molecule has 2 aromatic heterocycles. The Hall–Kier alpha value is -2.36. The summed E-state index contributed by atoms with van der Waals surface area (Å²) in [5.41, 5.74) is 0.745. The van der Waals surface area contributed by atoms with Crippen LogP contribution in [0.1, 0.15) is 19.3 Å². The first-order valence-electron chi connectivity index (χ1n) is 8.43. The number of hydrogen-bond acceptors (Lipinski definition) is 5. The van der Waals surface area contributed by atoms with Crippen molar-refractivity contribution in [3.8, 4) is 0 Å². The predicted molar refractivity (Wildman–Crippen MR) is 90.3 cm³/mol. The van der Waals surface area contributed by atoms with Crippen LogP contribution < -0.4 is 10.3 Å². The predicted octanol–water partition coefficient (Wildman–Crippen LogP) is 2.09. The monoisotopic (exact) mass is 370 g/mol. The number of anilines is 1. The molecule has 2 aromatic rings. The lowest BCUT2D eigenvalue weighted by molar-refractivity contribution is -0.153. The first-order chi connectivity index (χ1) is 12.3. The highest BCUT2D eigenvalue weighted by Gasteiger charge is 2.32. The van der Waals surface area contributed by atoms with Crippen molar-refractivity contribution < 1.29 is 18.0 Å². The van der Waals surface area contributed by atoms with Crippen LogP contribution >= 0.6 is 0 Å². The minimum absolute atomic E-state index is 0.0898. The number of nitrogens with zero attached hydrogens (tertiary/aromatic N) is 4. The molecule has 1 aliphatic rings. The van der Waals surface area contributed by atoms with Crippen molar-refractivity contribution in [2.45, 2.75) is 25.4 Å². The van der Waals surface area contributed by atoms with E-state index in [1.807, 2.05) is 18.1 Å². The maximum atomic E-state index is 12.2. The molecule has 3 rings (SSSR count). The van der Waals surface area contributed by atoms with Gasteiger partial charge in [-0.15, -0.1) is 0 Å². The van der Waals surface area contributed by atoms with Crippen LogP contribution in [0.25, 0.3) is 11.0 Å². The van der Waals surface area contributed by atoms with E-state index < -0.39 is 18.5 Å². The fourth-order valence-electron chi connectivity index (χ4n) is 3.24. The molecule has 1 aliphatic heterocycles. The number of carbonyl (C=O) groups is 1. The van der Waals surface area contributed by atoms with Crippen LogP contribution in [-0.2, 0) is 4.79 Å². The van der Waals surface area contributed by atoms with Crippen LogP contribution in [0.4, 0.5) is 19.0 Å². The van der Waals surface area contributed by atoms with Gasteiger partial charge in [0.2, 0.25) is 5.91 Å². The Kier molecular flexibility index (Phi) is 5.30. The Labute approximate surface area is 148 Å². The highest BCUT2D eigenvalue weighted by atomic mass is 19.4. The second-order valence-corrected chi connectivity index (χ2v) is 6.48. The van der Waals surface area contributed by atoms with E-state index in [-0.39, 0.29) is 12.5 Å². The Morgan fingerprint density at radius 3 is 3.04 bits per heavy atom. The number of fused-ring (bicyclic) bond motifs is 1. The molecule has 1 fully saturated rings. The molecule has 3 heterocycles. The Morgan fingerprint density at radius 1 is 1.46 bits per heavy atom. The lowest BCUT2D eigenvalue weighted by Gasteiger charge is -2.39. The molecule has 0 saturated carbocycles. The largest absolute Gasteiger partial charge is 0.397 e. The number of rotatable bonds is 5. The molecule has 1 saturated heterocycles. The zero-order valence-electron chi connectivity index (χ0n) is 14.4. The topological polar surface area (TPSA) is 77.2 Å². The van der Waals surface area contributed by atoms with Gasteiger partial charge in [0.05, 0.1) is 5.39 Å². The molecule has 7 nitrogen and oxygen atoms in total. The molecule has 1 atom stereocenters. The molecule has 142 valence electrons. The van der Waals surface area contributed by atoms with Gasteiger partial charge in [0.15, 0.2) is 5.82 Å². The number of amides is 1. The molecule has 0 aliphatic carbocycles. The first kappa shape index (κ1) is 18.4. The first-order valence-corrected chi connectivity index (χ1v) is 8.43. The summed E-state index contributed by atoms with van der Waals surface area (Å²) in [6, 6.07) is 1.90. The zero-order valence-corrected chi connectivity index (χ0v) is 14.4. The van der Waals surface area contributed by atoms with Gasteiger partial charge in [0.25, 0.3) is 0 Å². The number of carbonyl (C=O) groups excluding carboxylic acids is 1. The maximum absolute atomic E-state index is 12.2. The fraction of sp³-hybridized carbons (Fsp3) is 0.562. The SMILES string of the molecule is CN(c1ncnc2[nH]ccc12)N1CCCC(CNC(=O)CC(F)(F)F)C1. The summed E-state index contributed by atoms with van der Waals surface area (Å²) in [4.78, 5) is 22.9. The summed E-state index contributed by atoms with van der Waals surface area (Å²) in [5.74, 6) is -0.127. The molecule has 26 heavy (non-hydrogen) atoms. The van der Waals surface area contributed by atoms with E-state index in [4.69, 9.17) is 0 Å². The van der Waals surface area contributed by atoms with E-state index in [0.29, 0.717) is 6.54 Å². The Bertz CT molecular complexity index is 762. The molecule has 0 bridgehead atoms. The standard InChI is InChI=1S/C16H21F3N6O/c1-24(15-12-4-5-20-14(12)22-10-23-15)25-6-2-3-11(9-25)8-21-13(26)7-16(17,18)19/h4-5,10-11H,2-3,6-9H2,1H3,(H,21,26)(H,20,22,23). The molecule has 0 spiro atoms. The van der Waals surface area contributed by atoms with E-state index in [0.717, 1.165) is 36.2 Å². The number of nitrogens with one attached hydrogen (secondary N) is 2. The molecular weight excluding hydrogens is 349 g/mol. The number of piperidine rings is 1. The van der Waals surface area contributed by atoms with Gasteiger partial charge in [-0.2, -0.15) is 13.2 Å². The van der Waals surface area contributed by atoms with Gasteiger partial charge in [0.1, 0.15) is 18.4 Å². The van der Waals surface area contributed by atoms with Crippen LogP contribution in [0, 0.1) is 5.92 Å². The van der Waals surface area contributed by atoms with E-state index in [2.05, 4.69) is 25.3 Å². The highest BCUT2D eigenvalue weighted by Crippen LogP contribution is 2.25. The Morgan fingerprint density at radius 2 is 2.27 bits per heavy atom. The van der Waals surface area contributed by atoms with E-state index in [9.17, 15) is 18.0 Å². The lowest BCUT2D eigenvalue weighted by atomic mass is 9.99. The summed E-state index contributed by atoms with van der Waals surface area (Å²) >= 11 is 0. The summed E-state index contributed by atoms with van der Waals surface area (Å²) < 4.78 is 36.7. The second kappa shape index (κ2) is 7.48.